The van der Waals surface area contributed by atoms with Gasteiger partial charge in [0.25, 0.3) is 5.91 Å². The first-order valence-electron chi connectivity index (χ1n) is 7.82. The van der Waals surface area contributed by atoms with Crippen molar-refractivity contribution in [3.8, 4) is 5.75 Å². The highest BCUT2D eigenvalue weighted by molar-refractivity contribution is 6.06. The van der Waals surface area contributed by atoms with Gasteiger partial charge in [-0.3, -0.25) is 9.48 Å². The fourth-order valence-corrected chi connectivity index (χ4v) is 3.17. The summed E-state index contributed by atoms with van der Waals surface area (Å²) in [6.45, 7) is 0.486. The van der Waals surface area contributed by atoms with Gasteiger partial charge in [0.1, 0.15) is 5.75 Å². The minimum Gasteiger partial charge on any atom is -0.508 e. The third-order valence-electron chi connectivity index (χ3n) is 4.48. The summed E-state index contributed by atoms with van der Waals surface area (Å²) in [5.74, 6) is 0.0662. The summed E-state index contributed by atoms with van der Waals surface area (Å²) in [5, 5.41) is 13.8. The Balaban J connectivity index is 1.81. The van der Waals surface area contributed by atoms with Crippen LogP contribution in [-0.4, -0.2) is 20.8 Å². The number of carbonyl (C=O) groups is 1. The highest BCUT2D eigenvalue weighted by Gasteiger charge is 2.26. The zero-order valence-corrected chi connectivity index (χ0v) is 13.3. The Kier molecular flexibility index (Phi) is 3.34. The van der Waals surface area contributed by atoms with Crippen molar-refractivity contribution in [3.05, 3.63) is 77.1 Å². The number of carbonyl (C=O) groups excluding carboxylic acids is 1. The molecule has 1 N–H and O–H groups in total. The fourth-order valence-electron chi connectivity index (χ4n) is 3.17. The molecule has 1 aromatic heterocycles. The lowest BCUT2D eigenvalue weighted by atomic mass is 10.1. The Labute approximate surface area is 139 Å². The first-order valence-corrected chi connectivity index (χ1v) is 7.82. The van der Waals surface area contributed by atoms with Crippen LogP contribution < -0.4 is 4.90 Å². The van der Waals surface area contributed by atoms with Gasteiger partial charge in [-0.2, -0.15) is 5.10 Å². The van der Waals surface area contributed by atoms with Crippen LogP contribution in [0.1, 0.15) is 27.2 Å². The number of hydrogen-bond donors (Lipinski definition) is 1. The smallest absolute Gasteiger partial charge is 0.258 e. The number of aryl methyl sites for hydroxylation is 1. The minimum atomic E-state index is -0.0841. The van der Waals surface area contributed by atoms with E-state index in [0.717, 1.165) is 28.9 Å². The third kappa shape index (κ3) is 2.34. The van der Waals surface area contributed by atoms with Gasteiger partial charge >= 0.3 is 0 Å². The van der Waals surface area contributed by atoms with Gasteiger partial charge in [0.15, 0.2) is 0 Å². The van der Waals surface area contributed by atoms with Gasteiger partial charge in [-0.15, -0.1) is 0 Å². The molecule has 120 valence electrons. The van der Waals surface area contributed by atoms with Crippen molar-refractivity contribution >= 4 is 11.6 Å². The standard InChI is InChI=1S/C19H17N3O2/c1-21-18-10-14-4-2-3-5-17(14)22(12-15(18)11-20-21)19(24)13-6-8-16(23)9-7-13/h2-9,11,23H,10,12H2,1H3. The number of benzene rings is 2. The Morgan fingerprint density at radius 1 is 1.08 bits per heavy atom. The average Bonchev–Trinajstić information content (AvgIpc) is 2.85. The quantitative estimate of drug-likeness (QED) is 0.750. The fraction of sp³-hybridized carbons (Fsp3) is 0.158. The molecule has 2 heterocycles. The normalized spacial score (nSPS) is 13.1. The molecular weight excluding hydrogens is 302 g/mol. The molecule has 2 aromatic carbocycles. The Bertz CT molecular complexity index is 913. The van der Waals surface area contributed by atoms with Crippen LogP contribution >= 0.6 is 0 Å². The number of aromatic nitrogens is 2. The second-order valence-corrected chi connectivity index (χ2v) is 5.98. The molecule has 5 heteroatoms. The molecule has 0 fully saturated rings. The molecule has 0 unspecified atom stereocenters. The highest BCUT2D eigenvalue weighted by atomic mass is 16.3. The third-order valence-corrected chi connectivity index (χ3v) is 4.48. The van der Waals surface area contributed by atoms with E-state index in [0.29, 0.717) is 12.1 Å². The maximum Gasteiger partial charge on any atom is 0.258 e. The van der Waals surface area contributed by atoms with Crippen LogP contribution in [-0.2, 0) is 20.0 Å². The number of hydrogen-bond acceptors (Lipinski definition) is 3. The number of phenolic OH excluding ortho intramolecular Hbond substituents is 1. The topological polar surface area (TPSA) is 58.4 Å². The van der Waals surface area contributed by atoms with Crippen LogP contribution in [0.3, 0.4) is 0 Å². The van der Waals surface area contributed by atoms with Crippen LogP contribution in [0, 0.1) is 0 Å². The van der Waals surface area contributed by atoms with Crippen molar-refractivity contribution in [2.45, 2.75) is 13.0 Å². The zero-order chi connectivity index (χ0) is 16.7. The van der Waals surface area contributed by atoms with Crippen LogP contribution in [0.15, 0.2) is 54.7 Å². The van der Waals surface area contributed by atoms with E-state index in [-0.39, 0.29) is 11.7 Å². The molecule has 3 aromatic rings. The average molecular weight is 319 g/mol. The Hall–Kier alpha value is -3.08. The molecular formula is C19H17N3O2. The van der Waals surface area contributed by atoms with E-state index in [1.165, 1.54) is 12.1 Å². The van der Waals surface area contributed by atoms with E-state index >= 15 is 0 Å². The van der Waals surface area contributed by atoms with E-state index in [1.54, 1.807) is 17.0 Å². The van der Waals surface area contributed by atoms with Gasteiger partial charge in [-0.05, 0) is 35.9 Å². The van der Waals surface area contributed by atoms with Crippen LogP contribution in [0.5, 0.6) is 5.75 Å². The van der Waals surface area contributed by atoms with E-state index < -0.39 is 0 Å². The number of aromatic hydroxyl groups is 1. The number of nitrogens with zero attached hydrogens (tertiary/aromatic N) is 3. The summed E-state index contributed by atoms with van der Waals surface area (Å²) in [5.41, 5.74) is 4.76. The number of rotatable bonds is 1. The summed E-state index contributed by atoms with van der Waals surface area (Å²) >= 11 is 0. The molecule has 5 nitrogen and oxygen atoms in total. The summed E-state index contributed by atoms with van der Waals surface area (Å²) in [6.07, 6.45) is 2.58. The Morgan fingerprint density at radius 3 is 2.62 bits per heavy atom. The molecule has 0 aliphatic carbocycles. The van der Waals surface area contributed by atoms with Crippen molar-refractivity contribution in [3.63, 3.8) is 0 Å². The Morgan fingerprint density at radius 2 is 1.83 bits per heavy atom. The summed E-state index contributed by atoms with van der Waals surface area (Å²) < 4.78 is 1.88. The van der Waals surface area contributed by atoms with E-state index in [9.17, 15) is 9.90 Å². The van der Waals surface area contributed by atoms with Crippen molar-refractivity contribution in [1.29, 1.82) is 0 Å². The van der Waals surface area contributed by atoms with Gasteiger partial charge in [0, 0.05) is 36.0 Å². The molecule has 0 atom stereocenters. The van der Waals surface area contributed by atoms with Crippen molar-refractivity contribution in [1.82, 2.24) is 9.78 Å². The van der Waals surface area contributed by atoms with Crippen LogP contribution in [0.4, 0.5) is 5.69 Å². The second kappa shape index (κ2) is 5.53. The lowest BCUT2D eigenvalue weighted by Crippen LogP contribution is -2.30. The number of phenols is 1. The van der Waals surface area contributed by atoms with Crippen LogP contribution in [0.2, 0.25) is 0 Å². The highest BCUT2D eigenvalue weighted by Crippen LogP contribution is 2.31. The number of fused-ring (bicyclic) bond motifs is 2. The van der Waals surface area contributed by atoms with Gasteiger partial charge in [0.05, 0.1) is 12.7 Å². The van der Waals surface area contributed by atoms with E-state index in [1.807, 2.05) is 36.1 Å². The monoisotopic (exact) mass is 319 g/mol. The largest absolute Gasteiger partial charge is 0.508 e. The molecule has 0 radical (unpaired) electrons. The lowest BCUT2D eigenvalue weighted by molar-refractivity contribution is 0.0985. The molecule has 24 heavy (non-hydrogen) atoms. The summed E-state index contributed by atoms with van der Waals surface area (Å²) in [6, 6.07) is 14.3. The molecule has 1 aliphatic rings. The van der Waals surface area contributed by atoms with Gasteiger partial charge in [-0.25, -0.2) is 0 Å². The van der Waals surface area contributed by atoms with Gasteiger partial charge < -0.3 is 10.0 Å². The second-order valence-electron chi connectivity index (χ2n) is 5.98. The zero-order valence-electron chi connectivity index (χ0n) is 13.3. The van der Waals surface area contributed by atoms with Gasteiger partial charge in [-0.1, -0.05) is 18.2 Å². The predicted molar refractivity (Wildman–Crippen MR) is 91.1 cm³/mol. The SMILES string of the molecule is Cn1ncc2c1Cc1ccccc1N(C(=O)c1ccc(O)cc1)C2. The predicted octanol–water partition coefficient (Wildman–Crippen LogP) is 2.88. The summed E-state index contributed by atoms with van der Waals surface area (Å²) in [4.78, 5) is 14.8. The first-order chi connectivity index (χ1) is 11.6. The van der Waals surface area contributed by atoms with Crippen LogP contribution in [0.25, 0.3) is 0 Å². The lowest BCUT2D eigenvalue weighted by Gasteiger charge is -2.23. The molecule has 0 saturated heterocycles. The van der Waals surface area contributed by atoms with Crippen molar-refractivity contribution < 1.29 is 9.90 Å². The van der Waals surface area contributed by atoms with Crippen molar-refractivity contribution in [2.24, 2.45) is 7.05 Å². The van der Waals surface area contributed by atoms with Crippen molar-refractivity contribution in [2.75, 3.05) is 4.90 Å². The van der Waals surface area contributed by atoms with E-state index in [2.05, 4.69) is 11.2 Å². The maximum atomic E-state index is 13.1. The first kappa shape index (κ1) is 14.5. The molecule has 1 aliphatic heterocycles. The molecule has 4 rings (SSSR count). The number of para-hydroxylation sites is 1. The molecule has 0 bridgehead atoms. The number of amides is 1. The van der Waals surface area contributed by atoms with E-state index in [4.69, 9.17) is 0 Å². The number of anilines is 1. The maximum absolute atomic E-state index is 13.1. The molecule has 0 spiro atoms. The minimum absolute atomic E-state index is 0.0841. The summed E-state index contributed by atoms with van der Waals surface area (Å²) in [7, 11) is 1.93. The molecule has 0 saturated carbocycles. The van der Waals surface area contributed by atoms with Gasteiger partial charge in [0.2, 0.25) is 0 Å². The molecule has 1 amide bonds.